The molecule has 1 saturated heterocycles. The fraction of sp³-hybridized carbons (Fsp3) is 0.571. The van der Waals surface area contributed by atoms with Gasteiger partial charge in [0.05, 0.1) is 10.2 Å². The quantitative estimate of drug-likeness (QED) is 0.672. The fourth-order valence-electron chi connectivity index (χ4n) is 2.99. The average molecular weight is 291 g/mol. The van der Waals surface area contributed by atoms with E-state index in [2.05, 4.69) is 32.6 Å². The molecule has 6 heteroatoms. The number of nitrogen functional groups attached to an aromatic ring is 1. The van der Waals surface area contributed by atoms with Crippen LogP contribution in [0.25, 0.3) is 10.2 Å². The maximum Gasteiger partial charge on any atom is 0.239 e. The SMILES string of the molecule is CCC1CCCCCN1c1nc(NN)nc2ccsc12. The minimum Gasteiger partial charge on any atom is -0.352 e. The second kappa shape index (κ2) is 5.93. The van der Waals surface area contributed by atoms with Crippen LogP contribution in [0, 0.1) is 0 Å². The van der Waals surface area contributed by atoms with E-state index in [0.717, 1.165) is 24.3 Å². The normalized spacial score (nSPS) is 20.1. The van der Waals surface area contributed by atoms with E-state index in [1.807, 2.05) is 6.07 Å². The molecule has 3 N–H and O–H groups in total. The van der Waals surface area contributed by atoms with Crippen molar-refractivity contribution in [3.05, 3.63) is 11.4 Å². The molecule has 20 heavy (non-hydrogen) atoms. The molecule has 0 radical (unpaired) electrons. The topological polar surface area (TPSA) is 67.1 Å². The van der Waals surface area contributed by atoms with Gasteiger partial charge in [0.1, 0.15) is 0 Å². The minimum atomic E-state index is 0.505. The van der Waals surface area contributed by atoms with E-state index >= 15 is 0 Å². The van der Waals surface area contributed by atoms with Crippen molar-refractivity contribution in [2.45, 2.75) is 45.1 Å². The van der Waals surface area contributed by atoms with E-state index in [4.69, 9.17) is 5.84 Å². The van der Waals surface area contributed by atoms with Gasteiger partial charge in [-0.3, -0.25) is 5.43 Å². The van der Waals surface area contributed by atoms with Crippen LogP contribution in [0.4, 0.5) is 11.8 Å². The molecule has 5 nitrogen and oxygen atoms in total. The second-order valence-corrected chi connectivity index (χ2v) is 6.17. The van der Waals surface area contributed by atoms with E-state index in [0.29, 0.717) is 12.0 Å². The molecule has 2 aromatic rings. The molecule has 0 spiro atoms. The van der Waals surface area contributed by atoms with Crippen molar-refractivity contribution in [1.82, 2.24) is 9.97 Å². The summed E-state index contributed by atoms with van der Waals surface area (Å²) >= 11 is 1.71. The van der Waals surface area contributed by atoms with Gasteiger partial charge in [-0.25, -0.2) is 10.8 Å². The van der Waals surface area contributed by atoms with E-state index in [1.165, 1.54) is 30.4 Å². The molecule has 0 bridgehead atoms. The van der Waals surface area contributed by atoms with Gasteiger partial charge in [0.2, 0.25) is 5.95 Å². The standard InChI is InChI=1S/C14H21N5S/c1-2-10-6-4-3-5-8-19(10)13-12-11(7-9-20-12)16-14(17-13)18-15/h7,9-10H,2-6,8,15H2,1H3,(H,16,17,18). The molecular weight excluding hydrogens is 270 g/mol. The third-order valence-electron chi connectivity index (χ3n) is 4.04. The number of anilines is 2. The molecule has 0 saturated carbocycles. The van der Waals surface area contributed by atoms with Gasteiger partial charge >= 0.3 is 0 Å². The highest BCUT2D eigenvalue weighted by molar-refractivity contribution is 7.17. The van der Waals surface area contributed by atoms with Crippen LogP contribution in [0.5, 0.6) is 0 Å². The van der Waals surface area contributed by atoms with E-state index < -0.39 is 0 Å². The Labute approximate surface area is 123 Å². The molecule has 1 aliphatic heterocycles. The lowest BCUT2D eigenvalue weighted by atomic mass is 10.1. The third-order valence-corrected chi connectivity index (χ3v) is 4.93. The molecule has 1 unspecified atom stereocenters. The van der Waals surface area contributed by atoms with Crippen LogP contribution < -0.4 is 16.2 Å². The number of nitrogens with zero attached hydrogens (tertiary/aromatic N) is 3. The van der Waals surface area contributed by atoms with Gasteiger partial charge < -0.3 is 4.90 Å². The Bertz CT molecular complexity index is 582. The monoisotopic (exact) mass is 291 g/mol. The number of rotatable bonds is 3. The zero-order valence-corrected chi connectivity index (χ0v) is 12.6. The van der Waals surface area contributed by atoms with Crippen LogP contribution in [0.1, 0.15) is 39.0 Å². The van der Waals surface area contributed by atoms with Gasteiger partial charge in [0, 0.05) is 12.6 Å². The van der Waals surface area contributed by atoms with Crippen molar-refractivity contribution in [3.8, 4) is 0 Å². The van der Waals surface area contributed by atoms with Crippen molar-refractivity contribution >= 4 is 33.3 Å². The highest BCUT2D eigenvalue weighted by Gasteiger charge is 2.23. The van der Waals surface area contributed by atoms with Crippen molar-refractivity contribution in [2.75, 3.05) is 16.9 Å². The lowest BCUT2D eigenvalue weighted by molar-refractivity contribution is 0.553. The van der Waals surface area contributed by atoms with Crippen LogP contribution in [-0.4, -0.2) is 22.6 Å². The van der Waals surface area contributed by atoms with E-state index in [-0.39, 0.29) is 0 Å². The number of thiophene rings is 1. The molecule has 3 heterocycles. The second-order valence-electron chi connectivity index (χ2n) is 5.25. The van der Waals surface area contributed by atoms with Crippen molar-refractivity contribution < 1.29 is 0 Å². The zero-order valence-electron chi connectivity index (χ0n) is 11.8. The molecule has 1 fully saturated rings. The molecule has 108 valence electrons. The van der Waals surface area contributed by atoms with Crippen molar-refractivity contribution in [2.24, 2.45) is 5.84 Å². The van der Waals surface area contributed by atoms with Gasteiger partial charge in [-0.05, 0) is 30.7 Å². The molecule has 0 amide bonds. The van der Waals surface area contributed by atoms with Crippen LogP contribution in [0.15, 0.2) is 11.4 Å². The Balaban J connectivity index is 2.08. The maximum atomic E-state index is 5.52. The van der Waals surface area contributed by atoms with Crippen LogP contribution in [-0.2, 0) is 0 Å². The smallest absolute Gasteiger partial charge is 0.239 e. The first-order chi connectivity index (χ1) is 9.83. The Kier molecular flexibility index (Phi) is 4.03. The predicted molar refractivity (Wildman–Crippen MR) is 85.1 cm³/mol. The van der Waals surface area contributed by atoms with Crippen molar-refractivity contribution in [3.63, 3.8) is 0 Å². The Hall–Kier alpha value is -1.40. The van der Waals surface area contributed by atoms with E-state index in [1.54, 1.807) is 11.3 Å². The summed E-state index contributed by atoms with van der Waals surface area (Å²) in [5.41, 5.74) is 3.57. The van der Waals surface area contributed by atoms with Crippen molar-refractivity contribution in [1.29, 1.82) is 0 Å². The molecule has 0 aliphatic carbocycles. The summed E-state index contributed by atoms with van der Waals surface area (Å²) in [7, 11) is 0. The Morgan fingerprint density at radius 1 is 1.40 bits per heavy atom. The molecule has 1 aliphatic rings. The van der Waals surface area contributed by atoms with Gasteiger partial charge in [-0.1, -0.05) is 19.8 Å². The van der Waals surface area contributed by atoms with Gasteiger partial charge in [-0.2, -0.15) is 4.98 Å². The predicted octanol–water partition coefficient (Wildman–Crippen LogP) is 3.14. The highest BCUT2D eigenvalue weighted by atomic mass is 32.1. The fourth-order valence-corrected chi connectivity index (χ4v) is 3.82. The molecule has 0 aromatic carbocycles. The maximum absolute atomic E-state index is 5.52. The number of hydrogen-bond donors (Lipinski definition) is 2. The largest absolute Gasteiger partial charge is 0.352 e. The molecular formula is C14H21N5S. The first-order valence-corrected chi connectivity index (χ1v) is 8.20. The average Bonchev–Trinajstić information content (AvgIpc) is 2.82. The highest BCUT2D eigenvalue weighted by Crippen LogP contribution is 2.33. The Morgan fingerprint density at radius 3 is 3.10 bits per heavy atom. The first-order valence-electron chi connectivity index (χ1n) is 7.32. The lowest BCUT2D eigenvalue weighted by Crippen LogP contribution is -2.35. The number of nitrogens with two attached hydrogens (primary N) is 1. The van der Waals surface area contributed by atoms with Crippen LogP contribution in [0.2, 0.25) is 0 Å². The summed E-state index contributed by atoms with van der Waals surface area (Å²) in [6.45, 7) is 3.34. The number of nitrogens with one attached hydrogen (secondary N) is 1. The first kappa shape index (κ1) is 13.6. The number of hydrogen-bond acceptors (Lipinski definition) is 6. The van der Waals surface area contributed by atoms with Crippen LogP contribution >= 0.6 is 11.3 Å². The molecule has 3 rings (SSSR count). The Morgan fingerprint density at radius 2 is 2.30 bits per heavy atom. The molecule has 1 atom stereocenters. The minimum absolute atomic E-state index is 0.505. The summed E-state index contributed by atoms with van der Waals surface area (Å²) in [6, 6.07) is 2.61. The van der Waals surface area contributed by atoms with E-state index in [9.17, 15) is 0 Å². The number of aromatic nitrogens is 2. The summed E-state index contributed by atoms with van der Waals surface area (Å²) < 4.78 is 1.17. The van der Waals surface area contributed by atoms with Gasteiger partial charge in [0.15, 0.2) is 5.82 Å². The summed E-state index contributed by atoms with van der Waals surface area (Å²) in [4.78, 5) is 11.5. The lowest BCUT2D eigenvalue weighted by Gasteiger charge is -2.30. The summed E-state index contributed by atoms with van der Waals surface area (Å²) in [6.07, 6.45) is 6.27. The zero-order chi connectivity index (χ0) is 13.9. The summed E-state index contributed by atoms with van der Waals surface area (Å²) in [5, 5.41) is 2.07. The summed E-state index contributed by atoms with van der Waals surface area (Å²) in [5.74, 6) is 7.07. The third kappa shape index (κ3) is 2.45. The molecule has 2 aromatic heterocycles. The number of fused-ring (bicyclic) bond motifs is 1. The van der Waals surface area contributed by atoms with Gasteiger partial charge in [0.25, 0.3) is 0 Å². The number of hydrazine groups is 1. The van der Waals surface area contributed by atoms with Gasteiger partial charge in [-0.15, -0.1) is 11.3 Å². The van der Waals surface area contributed by atoms with Crippen LogP contribution in [0.3, 0.4) is 0 Å².